The van der Waals surface area contributed by atoms with Crippen LogP contribution in [0.4, 0.5) is 5.69 Å². The number of anilines is 1. The van der Waals surface area contributed by atoms with E-state index in [0.717, 1.165) is 6.42 Å². The highest BCUT2D eigenvalue weighted by atomic mass is 16.4. The molecule has 2 saturated heterocycles. The van der Waals surface area contributed by atoms with E-state index in [4.69, 9.17) is 0 Å². The Morgan fingerprint density at radius 2 is 1.26 bits per heavy atom. The molecule has 3 fully saturated rings. The lowest BCUT2D eigenvalue weighted by atomic mass is 10.1. The number of aliphatic carboxylic acids is 4. The molecular weight excluding hydrogens is 891 g/mol. The average molecular weight is 950 g/mol. The Bertz CT molecular complexity index is 2210. The van der Waals surface area contributed by atoms with Crippen LogP contribution in [0.3, 0.4) is 0 Å². The van der Waals surface area contributed by atoms with Gasteiger partial charge in [-0.1, -0.05) is 12.1 Å². The first-order chi connectivity index (χ1) is 32.5. The molecule has 8 N–H and O–H groups in total. The second-order valence-electron chi connectivity index (χ2n) is 17.0. The summed E-state index contributed by atoms with van der Waals surface area (Å²) in [7, 11) is 0. The Kier molecular flexibility index (Phi) is 19.5. The Hall–Kier alpha value is -6.81. The number of rotatable bonds is 22. The van der Waals surface area contributed by atoms with Crippen molar-refractivity contribution in [3.63, 3.8) is 0 Å². The van der Waals surface area contributed by atoms with Gasteiger partial charge in [0.05, 0.1) is 49.0 Å². The zero-order chi connectivity index (χ0) is 49.3. The summed E-state index contributed by atoms with van der Waals surface area (Å²) < 4.78 is 0. The molecule has 368 valence electrons. The van der Waals surface area contributed by atoms with Gasteiger partial charge in [-0.15, -0.1) is 0 Å². The number of nitrogens with zero attached hydrogens (tertiary/aromatic N) is 7. The highest BCUT2D eigenvalue weighted by molar-refractivity contribution is 6.10. The smallest absolute Gasteiger partial charge is 0.320 e. The van der Waals surface area contributed by atoms with E-state index in [2.05, 4.69) is 32.3 Å². The number of nitrogens with one attached hydrogen (secondary N) is 4. The Labute approximate surface area is 391 Å². The van der Waals surface area contributed by atoms with Crippen LogP contribution < -0.4 is 21.3 Å². The summed E-state index contributed by atoms with van der Waals surface area (Å²) >= 11 is 0. The SMILES string of the molecule is N#C[C@@H]1C[C@@H]2C[C@@H]2N1C(=O)CNC(=O)c1ccnc2c(NC(=O)CCC(=O)NCCNC(=O)CCCC(C(=O)O)N3CCN(CC(=O)O)CCN(CC(=O)O)CCN(CC(=O)O)CC3)cccc12. The number of carbonyl (C=O) groups excluding carboxylic acids is 5. The van der Waals surface area contributed by atoms with E-state index >= 15 is 0 Å². The minimum Gasteiger partial charge on any atom is -0.480 e. The van der Waals surface area contributed by atoms with Crippen molar-refractivity contribution in [1.82, 2.24) is 45.4 Å². The minimum atomic E-state index is -1.17. The molecule has 1 aliphatic carbocycles. The number of para-hydroxylation sites is 1. The minimum absolute atomic E-state index is 0.0422. The lowest BCUT2D eigenvalue weighted by Gasteiger charge is -2.35. The summed E-state index contributed by atoms with van der Waals surface area (Å²) in [4.78, 5) is 124. The second-order valence-corrected chi connectivity index (χ2v) is 17.0. The van der Waals surface area contributed by atoms with Gasteiger partial charge in [0, 0.05) is 102 Å². The molecule has 24 nitrogen and oxygen atoms in total. The van der Waals surface area contributed by atoms with E-state index in [9.17, 15) is 68.8 Å². The quantitative estimate of drug-likeness (QED) is 0.0625. The largest absolute Gasteiger partial charge is 0.480 e. The maximum Gasteiger partial charge on any atom is 0.320 e. The maximum atomic E-state index is 13.2. The fourth-order valence-electron chi connectivity index (χ4n) is 8.60. The van der Waals surface area contributed by atoms with Crippen LogP contribution in [-0.2, 0) is 38.4 Å². The van der Waals surface area contributed by atoms with E-state index in [1.165, 1.54) is 12.3 Å². The third kappa shape index (κ3) is 15.9. The Balaban J connectivity index is 1.03. The van der Waals surface area contributed by atoms with Crippen molar-refractivity contribution < 1.29 is 63.6 Å². The van der Waals surface area contributed by atoms with E-state index in [0.29, 0.717) is 28.9 Å². The normalized spacial score (nSPS) is 19.8. The van der Waals surface area contributed by atoms with Gasteiger partial charge in [0.15, 0.2) is 0 Å². The molecule has 3 heterocycles. The first-order valence-corrected chi connectivity index (χ1v) is 22.5. The van der Waals surface area contributed by atoms with Gasteiger partial charge in [-0.25, -0.2) is 0 Å². The molecule has 5 amide bonds. The Morgan fingerprint density at radius 3 is 1.82 bits per heavy atom. The number of pyridine rings is 1. The van der Waals surface area contributed by atoms with Gasteiger partial charge in [-0.2, -0.15) is 5.26 Å². The molecule has 2 aromatic rings. The number of carboxylic acids is 4. The highest BCUT2D eigenvalue weighted by Crippen LogP contribution is 2.47. The zero-order valence-corrected chi connectivity index (χ0v) is 37.6. The van der Waals surface area contributed by atoms with E-state index in [-0.39, 0.29) is 141 Å². The van der Waals surface area contributed by atoms with Gasteiger partial charge < -0.3 is 46.6 Å². The van der Waals surface area contributed by atoms with Crippen molar-refractivity contribution in [2.75, 3.05) is 96.9 Å². The molecule has 68 heavy (non-hydrogen) atoms. The summed E-state index contributed by atoms with van der Waals surface area (Å²) in [6.07, 6.45) is 2.70. The van der Waals surface area contributed by atoms with Crippen molar-refractivity contribution in [2.45, 2.75) is 63.1 Å². The van der Waals surface area contributed by atoms with E-state index < -0.39 is 59.6 Å². The van der Waals surface area contributed by atoms with Crippen LogP contribution >= 0.6 is 0 Å². The standard InChI is InChI=1S/C44H59N11O13/c45-23-29-21-28-22-34(28)55(29)38(59)24-49-43(66)31-9-10-48-42-30(31)3-1-4-32(42)50-37(58)8-7-36(57)47-12-11-46-35(56)6-2-5-33(44(67)68)54-19-17-52(26-40(62)63)15-13-51(25-39(60)61)14-16-53(18-20-54)27-41(64)65/h1,3-4,9-10,28-29,33-34H,2,5-8,11-22,24-27H2,(H,46,56)(H,47,57)(H,49,66)(H,50,58)(H,60,61)(H,62,63)(H,64,65)(H,67,68)/t28-,29+,33?,34+/m1/s1. The molecule has 0 radical (unpaired) electrons. The van der Waals surface area contributed by atoms with Crippen LogP contribution in [-0.4, -0.2) is 213 Å². The number of fused-ring (bicyclic) bond motifs is 2. The molecule has 3 aliphatic rings. The molecule has 1 saturated carbocycles. The highest BCUT2D eigenvalue weighted by Gasteiger charge is 2.54. The van der Waals surface area contributed by atoms with Gasteiger partial charge >= 0.3 is 23.9 Å². The predicted molar refractivity (Wildman–Crippen MR) is 240 cm³/mol. The average Bonchev–Trinajstić information content (AvgIpc) is 3.95. The van der Waals surface area contributed by atoms with Crippen molar-refractivity contribution >= 4 is 70.0 Å². The van der Waals surface area contributed by atoms with Gasteiger partial charge in [-0.05, 0) is 43.7 Å². The van der Waals surface area contributed by atoms with E-state index in [1.807, 2.05) is 0 Å². The monoisotopic (exact) mass is 949 g/mol. The predicted octanol–water partition coefficient (Wildman–Crippen LogP) is -1.47. The number of amides is 5. The maximum absolute atomic E-state index is 13.2. The fourth-order valence-corrected chi connectivity index (χ4v) is 8.60. The van der Waals surface area contributed by atoms with Crippen LogP contribution in [0.25, 0.3) is 10.9 Å². The van der Waals surface area contributed by atoms with Gasteiger partial charge in [0.2, 0.25) is 23.6 Å². The number of aromatic nitrogens is 1. The number of carboxylic acid groups (broad SMARTS) is 4. The molecule has 1 aromatic heterocycles. The zero-order valence-electron chi connectivity index (χ0n) is 37.6. The summed E-state index contributed by atoms with van der Waals surface area (Å²) in [6.45, 7) is 0.00702. The van der Waals surface area contributed by atoms with Gasteiger partial charge in [-0.3, -0.25) is 67.7 Å². The lowest BCUT2D eigenvalue weighted by Crippen LogP contribution is -2.51. The third-order valence-corrected chi connectivity index (χ3v) is 12.1. The summed E-state index contributed by atoms with van der Waals surface area (Å²) in [6, 6.07) is 7.00. The third-order valence-electron chi connectivity index (χ3n) is 12.1. The van der Waals surface area contributed by atoms with Gasteiger partial charge in [0.25, 0.3) is 5.91 Å². The molecule has 24 heteroatoms. The molecular formula is C44H59N11O13. The van der Waals surface area contributed by atoms with Crippen molar-refractivity contribution in [3.8, 4) is 6.07 Å². The first kappa shape index (κ1) is 52.2. The number of hydrogen-bond acceptors (Lipinski definition) is 15. The summed E-state index contributed by atoms with van der Waals surface area (Å²) in [5.74, 6) is -6.33. The topological polar surface area (TPSA) is 336 Å². The van der Waals surface area contributed by atoms with Crippen LogP contribution in [0.1, 0.15) is 55.3 Å². The van der Waals surface area contributed by atoms with Crippen molar-refractivity contribution in [1.29, 1.82) is 5.26 Å². The fraction of sp³-hybridized carbons (Fsp3) is 0.568. The molecule has 1 unspecified atom stereocenters. The molecule has 0 spiro atoms. The molecule has 0 bridgehead atoms. The molecule has 2 aliphatic heterocycles. The van der Waals surface area contributed by atoms with E-state index in [1.54, 1.807) is 42.7 Å². The molecule has 5 rings (SSSR count). The first-order valence-electron chi connectivity index (χ1n) is 22.5. The van der Waals surface area contributed by atoms with Crippen LogP contribution in [0.2, 0.25) is 0 Å². The Morgan fingerprint density at radius 1 is 0.706 bits per heavy atom. The number of nitriles is 1. The van der Waals surface area contributed by atoms with Crippen LogP contribution in [0.15, 0.2) is 30.5 Å². The van der Waals surface area contributed by atoms with Crippen molar-refractivity contribution in [3.05, 3.63) is 36.0 Å². The second kappa shape index (κ2) is 25.4. The molecule has 1 aromatic carbocycles. The number of benzene rings is 1. The number of carbonyl (C=O) groups is 9. The number of piperidine rings is 1. The summed E-state index contributed by atoms with van der Waals surface area (Å²) in [5.41, 5.74) is 0.855. The number of hydrogen-bond donors (Lipinski definition) is 8. The molecule has 4 atom stereocenters. The lowest BCUT2D eigenvalue weighted by molar-refractivity contribution is -0.145. The van der Waals surface area contributed by atoms with Gasteiger partial charge in [0.1, 0.15) is 12.1 Å². The number of likely N-dealkylation sites (tertiary alicyclic amines) is 1. The van der Waals surface area contributed by atoms with Crippen LogP contribution in [0, 0.1) is 17.2 Å². The summed E-state index contributed by atoms with van der Waals surface area (Å²) in [5, 5.41) is 59.1. The van der Waals surface area contributed by atoms with Crippen LogP contribution in [0.5, 0.6) is 0 Å². The van der Waals surface area contributed by atoms with Crippen molar-refractivity contribution in [2.24, 2.45) is 5.92 Å².